The number of carbonyl (C=O) groups is 1. The quantitative estimate of drug-likeness (QED) is 0.889. The smallest absolute Gasteiger partial charge is 0.261 e. The molecule has 0 aromatic heterocycles. The third kappa shape index (κ3) is 2.35. The van der Waals surface area contributed by atoms with Gasteiger partial charge in [0.15, 0.2) is 5.60 Å². The lowest BCUT2D eigenvalue weighted by molar-refractivity contribution is -0.133. The lowest BCUT2D eigenvalue weighted by Gasteiger charge is -2.28. The molecule has 1 amide bonds. The molecule has 0 heterocycles. The molecule has 1 aromatic carbocycles. The zero-order valence-corrected chi connectivity index (χ0v) is 11.1. The largest absolute Gasteiger partial charge is 0.477 e. The van der Waals surface area contributed by atoms with Crippen LogP contribution in [0.3, 0.4) is 0 Å². The number of primary amides is 1. The van der Waals surface area contributed by atoms with E-state index in [2.05, 4.69) is 13.8 Å². The van der Waals surface area contributed by atoms with Gasteiger partial charge in [-0.2, -0.15) is 0 Å². The van der Waals surface area contributed by atoms with Crippen LogP contribution in [0.5, 0.6) is 5.75 Å². The molecule has 0 unspecified atom stereocenters. The molecule has 1 aliphatic carbocycles. The van der Waals surface area contributed by atoms with Crippen molar-refractivity contribution in [1.29, 1.82) is 0 Å². The Bertz CT molecular complexity index is 434. The van der Waals surface area contributed by atoms with Crippen molar-refractivity contribution in [3.63, 3.8) is 0 Å². The summed E-state index contributed by atoms with van der Waals surface area (Å²) in [4.78, 5) is 11.7. The number of amides is 1. The van der Waals surface area contributed by atoms with Crippen LogP contribution in [0.1, 0.15) is 51.0 Å². The van der Waals surface area contributed by atoms with E-state index in [0.717, 1.165) is 37.0 Å². The van der Waals surface area contributed by atoms with Crippen LogP contribution in [0.25, 0.3) is 0 Å². The minimum Gasteiger partial charge on any atom is -0.477 e. The van der Waals surface area contributed by atoms with Gasteiger partial charge in [0.1, 0.15) is 5.75 Å². The molecule has 1 saturated carbocycles. The van der Waals surface area contributed by atoms with E-state index < -0.39 is 5.60 Å². The summed E-state index contributed by atoms with van der Waals surface area (Å²) in [7, 11) is 0. The molecule has 18 heavy (non-hydrogen) atoms. The molecule has 0 spiro atoms. The molecule has 1 fully saturated rings. The number of hydrogen-bond acceptors (Lipinski definition) is 2. The van der Waals surface area contributed by atoms with E-state index in [4.69, 9.17) is 10.5 Å². The highest BCUT2D eigenvalue weighted by molar-refractivity contribution is 5.84. The number of benzene rings is 1. The molecule has 98 valence electrons. The average molecular weight is 247 g/mol. The Morgan fingerprint density at radius 3 is 2.44 bits per heavy atom. The number of carbonyl (C=O) groups excluding carboxylic acids is 1. The molecule has 1 aromatic rings. The molecule has 1 aliphatic rings. The van der Waals surface area contributed by atoms with Crippen molar-refractivity contribution in [2.75, 3.05) is 0 Å². The normalized spacial score (nSPS) is 17.9. The monoisotopic (exact) mass is 247 g/mol. The first-order valence-corrected chi connectivity index (χ1v) is 6.63. The van der Waals surface area contributed by atoms with E-state index in [1.165, 1.54) is 0 Å². The maximum atomic E-state index is 11.7. The Hall–Kier alpha value is -1.51. The molecule has 3 heteroatoms. The third-order valence-corrected chi connectivity index (χ3v) is 3.71. The minimum atomic E-state index is -0.787. The summed E-state index contributed by atoms with van der Waals surface area (Å²) < 4.78 is 6.04. The second-order valence-corrected chi connectivity index (χ2v) is 5.36. The van der Waals surface area contributed by atoms with Crippen molar-refractivity contribution >= 4 is 5.91 Å². The Labute approximate surface area is 108 Å². The zero-order chi connectivity index (χ0) is 13.2. The van der Waals surface area contributed by atoms with Gasteiger partial charge < -0.3 is 10.5 Å². The molecule has 0 aliphatic heterocycles. The molecule has 2 rings (SSSR count). The molecule has 0 radical (unpaired) electrons. The van der Waals surface area contributed by atoms with Gasteiger partial charge in [-0.05, 0) is 43.2 Å². The molecule has 2 N–H and O–H groups in total. The molecular weight excluding hydrogens is 226 g/mol. The standard InChI is InChI=1S/C15H21NO2/c1-11(2)12-7-3-4-8-13(12)18-15(14(16)17)9-5-6-10-15/h3-4,7-8,11H,5-6,9-10H2,1-2H3,(H2,16,17). The van der Waals surface area contributed by atoms with Crippen LogP contribution in [-0.4, -0.2) is 11.5 Å². The fourth-order valence-corrected chi connectivity index (χ4v) is 2.61. The summed E-state index contributed by atoms with van der Waals surface area (Å²) >= 11 is 0. The Balaban J connectivity index is 2.30. The van der Waals surface area contributed by atoms with Crippen LogP contribution < -0.4 is 10.5 Å². The van der Waals surface area contributed by atoms with Crippen molar-refractivity contribution < 1.29 is 9.53 Å². The Morgan fingerprint density at radius 2 is 1.89 bits per heavy atom. The number of hydrogen-bond donors (Lipinski definition) is 1. The topological polar surface area (TPSA) is 52.3 Å². The van der Waals surface area contributed by atoms with Gasteiger partial charge in [0.05, 0.1) is 0 Å². The van der Waals surface area contributed by atoms with Gasteiger partial charge in [-0.25, -0.2) is 0 Å². The van der Waals surface area contributed by atoms with Gasteiger partial charge in [-0.1, -0.05) is 32.0 Å². The summed E-state index contributed by atoms with van der Waals surface area (Å²) in [6, 6.07) is 7.90. The number of rotatable bonds is 4. The number of ether oxygens (including phenoxy) is 1. The van der Waals surface area contributed by atoms with Crippen molar-refractivity contribution in [3.8, 4) is 5.75 Å². The van der Waals surface area contributed by atoms with Crippen molar-refractivity contribution in [3.05, 3.63) is 29.8 Å². The summed E-state index contributed by atoms with van der Waals surface area (Å²) in [5.74, 6) is 0.833. The maximum absolute atomic E-state index is 11.7. The Morgan fingerprint density at radius 1 is 1.28 bits per heavy atom. The van der Waals surface area contributed by atoms with Crippen molar-refractivity contribution in [1.82, 2.24) is 0 Å². The fraction of sp³-hybridized carbons (Fsp3) is 0.533. The van der Waals surface area contributed by atoms with E-state index in [1.807, 2.05) is 24.3 Å². The molecule has 3 nitrogen and oxygen atoms in total. The molecule has 0 saturated heterocycles. The van der Waals surface area contributed by atoms with Crippen molar-refractivity contribution in [2.24, 2.45) is 5.73 Å². The average Bonchev–Trinajstić information content (AvgIpc) is 2.79. The SMILES string of the molecule is CC(C)c1ccccc1OC1(C(N)=O)CCCC1. The predicted octanol–water partition coefficient (Wildman–Crippen LogP) is 2.99. The fourth-order valence-electron chi connectivity index (χ4n) is 2.61. The van der Waals surface area contributed by atoms with Gasteiger partial charge >= 0.3 is 0 Å². The van der Waals surface area contributed by atoms with Gasteiger partial charge in [0.2, 0.25) is 0 Å². The maximum Gasteiger partial charge on any atom is 0.261 e. The van der Waals surface area contributed by atoms with Crippen LogP contribution in [0, 0.1) is 0 Å². The van der Waals surface area contributed by atoms with Gasteiger partial charge in [0, 0.05) is 0 Å². The lowest BCUT2D eigenvalue weighted by atomic mass is 9.99. The Kier molecular flexibility index (Phi) is 3.60. The van der Waals surface area contributed by atoms with E-state index >= 15 is 0 Å². The highest BCUT2D eigenvalue weighted by Crippen LogP contribution is 2.37. The van der Waals surface area contributed by atoms with Crippen LogP contribution in [0.15, 0.2) is 24.3 Å². The second-order valence-electron chi connectivity index (χ2n) is 5.36. The van der Waals surface area contributed by atoms with Crippen LogP contribution in [0.2, 0.25) is 0 Å². The second kappa shape index (κ2) is 5.01. The number of para-hydroxylation sites is 1. The lowest BCUT2D eigenvalue weighted by Crippen LogP contribution is -2.46. The minimum absolute atomic E-state index is 0.335. The van der Waals surface area contributed by atoms with Gasteiger partial charge in [0.25, 0.3) is 5.91 Å². The van der Waals surface area contributed by atoms with E-state index in [9.17, 15) is 4.79 Å². The van der Waals surface area contributed by atoms with Gasteiger partial charge in [-0.15, -0.1) is 0 Å². The summed E-state index contributed by atoms with van der Waals surface area (Å²) in [6.07, 6.45) is 3.48. The summed E-state index contributed by atoms with van der Waals surface area (Å²) in [5.41, 5.74) is 5.89. The van der Waals surface area contributed by atoms with E-state index in [0.29, 0.717) is 5.92 Å². The molecular formula is C15H21NO2. The summed E-state index contributed by atoms with van der Waals surface area (Å²) in [6.45, 7) is 4.24. The highest BCUT2D eigenvalue weighted by atomic mass is 16.5. The predicted molar refractivity (Wildman–Crippen MR) is 71.6 cm³/mol. The van der Waals surface area contributed by atoms with E-state index in [-0.39, 0.29) is 5.91 Å². The first kappa shape index (κ1) is 12.9. The third-order valence-electron chi connectivity index (χ3n) is 3.71. The van der Waals surface area contributed by atoms with Crippen LogP contribution in [0.4, 0.5) is 0 Å². The zero-order valence-electron chi connectivity index (χ0n) is 11.1. The first-order chi connectivity index (χ1) is 8.55. The van der Waals surface area contributed by atoms with Crippen LogP contribution >= 0.6 is 0 Å². The van der Waals surface area contributed by atoms with Crippen LogP contribution in [-0.2, 0) is 4.79 Å². The molecule has 0 atom stereocenters. The summed E-state index contributed by atoms with van der Waals surface area (Å²) in [5, 5.41) is 0. The highest BCUT2D eigenvalue weighted by Gasteiger charge is 2.42. The first-order valence-electron chi connectivity index (χ1n) is 6.63. The molecule has 0 bridgehead atoms. The van der Waals surface area contributed by atoms with E-state index in [1.54, 1.807) is 0 Å². The van der Waals surface area contributed by atoms with Crippen molar-refractivity contribution in [2.45, 2.75) is 51.0 Å². The van der Waals surface area contributed by atoms with Gasteiger partial charge in [-0.3, -0.25) is 4.79 Å². The number of nitrogens with two attached hydrogens (primary N) is 1.